The minimum Gasteiger partial charge on any atom is -0.457 e. The maximum absolute atomic E-state index is 13.9. The van der Waals surface area contributed by atoms with Gasteiger partial charge in [-0.1, -0.05) is 66.9 Å². The van der Waals surface area contributed by atoms with E-state index < -0.39 is 63.6 Å². The average Bonchev–Trinajstić information content (AvgIpc) is 2.81. The molecule has 9 heteroatoms. The standard InChI is InChI=1S/C32H57ClO6Si2/c1-16-24-21(2)18-17-19-25(38-40(12,13)30(5,6)7)22(3)20-32(11,36)28(34)26(33)27(23(4)29(35)37-24)39-41(14,15)31(8,9)10/h19,22-27,36H,16,20H2,1-15H3/t22-,23-,24-,25-,26-,27-,32-/m1/s1. The summed E-state index contributed by atoms with van der Waals surface area (Å²) in [5.74, 6) is -2.17. The molecule has 1 rings (SSSR count). The van der Waals surface area contributed by atoms with E-state index in [2.05, 4.69) is 79.2 Å². The van der Waals surface area contributed by atoms with Gasteiger partial charge in [0, 0.05) is 5.57 Å². The van der Waals surface area contributed by atoms with Crippen molar-refractivity contribution in [1.29, 1.82) is 0 Å². The molecule has 1 heterocycles. The van der Waals surface area contributed by atoms with Gasteiger partial charge in [-0.15, -0.1) is 11.6 Å². The van der Waals surface area contributed by atoms with Crippen LogP contribution in [-0.4, -0.2) is 62.8 Å². The molecule has 0 bridgehead atoms. The van der Waals surface area contributed by atoms with E-state index in [1.807, 2.05) is 26.8 Å². The zero-order valence-corrected chi connectivity index (χ0v) is 31.1. The summed E-state index contributed by atoms with van der Waals surface area (Å²) in [6.45, 7) is 30.1. The highest BCUT2D eigenvalue weighted by atomic mass is 35.5. The van der Waals surface area contributed by atoms with Gasteiger partial charge in [0.1, 0.15) is 17.1 Å². The van der Waals surface area contributed by atoms with Gasteiger partial charge < -0.3 is 18.7 Å². The predicted octanol–water partition coefficient (Wildman–Crippen LogP) is 7.95. The number of alkyl halides is 1. The average molecular weight is 629 g/mol. The Labute approximate surface area is 257 Å². The number of Topliss-reactive ketones (excluding diaryl/α,β-unsaturated/α-hetero) is 1. The maximum Gasteiger partial charge on any atom is 0.311 e. The van der Waals surface area contributed by atoms with Crippen molar-refractivity contribution in [2.75, 3.05) is 0 Å². The molecule has 236 valence electrons. The van der Waals surface area contributed by atoms with Crippen LogP contribution >= 0.6 is 11.6 Å². The molecule has 0 aromatic heterocycles. The number of carbonyl (C=O) groups excluding carboxylic acids is 2. The predicted molar refractivity (Wildman–Crippen MR) is 173 cm³/mol. The summed E-state index contributed by atoms with van der Waals surface area (Å²) in [5, 5.41) is 10.1. The molecule has 0 aliphatic carbocycles. The van der Waals surface area contributed by atoms with Crippen LogP contribution in [-0.2, 0) is 23.2 Å². The molecule has 0 radical (unpaired) electrons. The first-order chi connectivity index (χ1) is 18.3. The van der Waals surface area contributed by atoms with Crippen LogP contribution in [0.4, 0.5) is 0 Å². The van der Waals surface area contributed by atoms with Crippen molar-refractivity contribution in [3.05, 3.63) is 23.1 Å². The van der Waals surface area contributed by atoms with Crippen LogP contribution in [0.1, 0.15) is 89.0 Å². The normalized spacial score (nSPS) is 31.8. The lowest BCUT2D eigenvalue weighted by Crippen LogP contribution is -2.55. The zero-order valence-electron chi connectivity index (χ0n) is 28.3. The van der Waals surface area contributed by atoms with Crippen molar-refractivity contribution < 1.29 is 28.3 Å². The lowest BCUT2D eigenvalue weighted by atomic mass is 9.83. The summed E-state index contributed by atoms with van der Waals surface area (Å²) in [4.78, 5) is 27.4. The van der Waals surface area contributed by atoms with Crippen LogP contribution in [0.5, 0.6) is 0 Å². The lowest BCUT2D eigenvalue weighted by molar-refractivity contribution is -0.156. The first-order valence-electron chi connectivity index (χ1n) is 14.9. The van der Waals surface area contributed by atoms with Crippen LogP contribution in [0.2, 0.25) is 36.3 Å². The Morgan fingerprint density at radius 1 is 1.05 bits per heavy atom. The third-order valence-electron chi connectivity index (χ3n) is 9.32. The molecule has 0 aromatic rings. The van der Waals surface area contributed by atoms with E-state index in [0.717, 1.165) is 5.57 Å². The van der Waals surface area contributed by atoms with E-state index in [1.165, 1.54) is 6.92 Å². The fourth-order valence-electron chi connectivity index (χ4n) is 4.23. The molecular weight excluding hydrogens is 572 g/mol. The van der Waals surface area contributed by atoms with Crippen molar-refractivity contribution in [2.45, 2.75) is 155 Å². The zero-order chi connectivity index (χ0) is 32.4. The van der Waals surface area contributed by atoms with Gasteiger partial charge in [-0.3, -0.25) is 9.59 Å². The largest absolute Gasteiger partial charge is 0.457 e. The molecule has 1 aliphatic rings. The van der Waals surface area contributed by atoms with Gasteiger partial charge in [0.05, 0.1) is 18.1 Å². The molecule has 0 fully saturated rings. The second-order valence-electron chi connectivity index (χ2n) is 15.1. The second kappa shape index (κ2) is 13.8. The molecule has 0 amide bonds. The fraction of sp³-hybridized carbons (Fsp3) is 0.812. The SMILES string of the molecule is CC[C@H]1OC(=O)[C@H](C)[C@@H](O[Si](C)(C)C(C)(C)C)[C@@H](Cl)C(=O)[C@](C)(O)C[C@@H](C)[C@H](O[Si](C)(C)C(C)(C)C)C=C=C=C1C. The second-order valence-corrected chi connectivity index (χ2v) is 25.1. The summed E-state index contributed by atoms with van der Waals surface area (Å²) in [5.41, 5.74) is 5.24. The van der Waals surface area contributed by atoms with E-state index in [-0.39, 0.29) is 22.4 Å². The van der Waals surface area contributed by atoms with Crippen molar-refractivity contribution in [3.63, 3.8) is 0 Å². The molecule has 1 N–H and O–H groups in total. The number of cyclic esters (lactones) is 1. The van der Waals surface area contributed by atoms with Gasteiger partial charge in [0.25, 0.3) is 0 Å². The highest BCUT2D eigenvalue weighted by molar-refractivity contribution is 6.74. The van der Waals surface area contributed by atoms with Gasteiger partial charge in [-0.2, -0.15) is 0 Å². The number of ketones is 1. The highest BCUT2D eigenvalue weighted by Crippen LogP contribution is 2.41. The third-order valence-corrected chi connectivity index (χ3v) is 18.7. The van der Waals surface area contributed by atoms with Crippen molar-refractivity contribution in [3.8, 4) is 0 Å². The summed E-state index contributed by atoms with van der Waals surface area (Å²) in [6, 6.07) is 0. The molecule has 0 unspecified atom stereocenters. The Hall–Kier alpha value is -0.956. The molecule has 0 saturated carbocycles. The van der Waals surface area contributed by atoms with E-state index >= 15 is 0 Å². The number of halogens is 1. The highest BCUT2D eigenvalue weighted by Gasteiger charge is 2.49. The van der Waals surface area contributed by atoms with E-state index in [9.17, 15) is 14.7 Å². The van der Waals surface area contributed by atoms with Gasteiger partial charge in [0.15, 0.2) is 22.4 Å². The summed E-state index contributed by atoms with van der Waals surface area (Å²) < 4.78 is 19.3. The maximum atomic E-state index is 13.9. The summed E-state index contributed by atoms with van der Waals surface area (Å²) in [7, 11) is -4.70. The number of carbonyl (C=O) groups is 2. The van der Waals surface area contributed by atoms with Gasteiger partial charge in [-0.05, 0) is 81.9 Å². The van der Waals surface area contributed by atoms with E-state index in [0.29, 0.717) is 6.42 Å². The number of esters is 1. The Bertz CT molecular complexity index is 1040. The van der Waals surface area contributed by atoms with Crippen LogP contribution in [0.25, 0.3) is 0 Å². The molecule has 0 saturated heterocycles. The topological polar surface area (TPSA) is 82.1 Å². The number of hydrogen-bond donors (Lipinski definition) is 1. The Kier molecular flexibility index (Phi) is 12.8. The number of rotatable bonds is 5. The molecule has 7 atom stereocenters. The molecular formula is C32H57ClO6Si2. The van der Waals surface area contributed by atoms with Gasteiger partial charge in [0.2, 0.25) is 0 Å². The molecule has 0 aromatic carbocycles. The van der Waals surface area contributed by atoms with Gasteiger partial charge >= 0.3 is 5.97 Å². The van der Waals surface area contributed by atoms with Crippen LogP contribution in [0.15, 0.2) is 23.1 Å². The smallest absolute Gasteiger partial charge is 0.311 e. The third kappa shape index (κ3) is 9.77. The van der Waals surface area contributed by atoms with Gasteiger partial charge in [-0.25, -0.2) is 0 Å². The molecule has 6 nitrogen and oxygen atoms in total. The van der Waals surface area contributed by atoms with Crippen molar-refractivity contribution in [1.82, 2.24) is 0 Å². The Balaban J connectivity index is 3.79. The summed E-state index contributed by atoms with van der Waals surface area (Å²) in [6.07, 6.45) is 0.556. The quantitative estimate of drug-likeness (QED) is 0.144. The minimum absolute atomic E-state index is 0.0431. The number of hydrogen-bond acceptors (Lipinski definition) is 6. The first-order valence-corrected chi connectivity index (χ1v) is 21.2. The molecule has 0 spiro atoms. The monoisotopic (exact) mass is 628 g/mol. The van der Waals surface area contributed by atoms with Crippen LogP contribution in [0, 0.1) is 11.8 Å². The van der Waals surface area contributed by atoms with Crippen LogP contribution in [0.3, 0.4) is 0 Å². The fourth-order valence-corrected chi connectivity index (χ4v) is 7.53. The number of ether oxygens (including phenoxy) is 1. The summed E-state index contributed by atoms with van der Waals surface area (Å²) >= 11 is 6.90. The van der Waals surface area contributed by atoms with E-state index in [4.69, 9.17) is 25.2 Å². The minimum atomic E-state index is -2.48. The van der Waals surface area contributed by atoms with Crippen molar-refractivity contribution in [2.24, 2.45) is 11.8 Å². The Morgan fingerprint density at radius 3 is 2.00 bits per heavy atom. The van der Waals surface area contributed by atoms with Crippen LogP contribution < -0.4 is 0 Å². The number of aliphatic hydroxyl groups is 1. The molecule has 1 aliphatic heterocycles. The van der Waals surface area contributed by atoms with E-state index in [1.54, 1.807) is 6.92 Å². The van der Waals surface area contributed by atoms with Crippen molar-refractivity contribution >= 4 is 40.0 Å². The lowest BCUT2D eigenvalue weighted by Gasteiger charge is -2.43. The molecule has 41 heavy (non-hydrogen) atoms. The Morgan fingerprint density at radius 2 is 1.54 bits per heavy atom. The first kappa shape index (κ1) is 38.1.